The molecule has 1 aliphatic rings. The summed E-state index contributed by atoms with van der Waals surface area (Å²) in [6, 6.07) is 12.3. The van der Waals surface area contributed by atoms with Gasteiger partial charge in [0.05, 0.1) is 24.4 Å². The average Bonchev–Trinajstić information content (AvgIpc) is 3.27. The zero-order valence-corrected chi connectivity index (χ0v) is 19.7. The lowest BCUT2D eigenvalue weighted by Crippen LogP contribution is -2.46. The molecule has 5 heterocycles. The third-order valence-electron chi connectivity index (χ3n) is 5.87. The molecule has 0 N–H and O–H groups in total. The van der Waals surface area contributed by atoms with Crippen molar-refractivity contribution in [3.05, 3.63) is 70.7 Å². The molecule has 0 unspecified atom stereocenters. The zero-order chi connectivity index (χ0) is 22.8. The Morgan fingerprint density at radius 3 is 2.58 bits per heavy atom. The van der Waals surface area contributed by atoms with Gasteiger partial charge in [-0.25, -0.2) is 14.5 Å². The first-order valence-electron chi connectivity index (χ1n) is 10.6. The fourth-order valence-corrected chi connectivity index (χ4v) is 4.56. The van der Waals surface area contributed by atoms with Crippen molar-refractivity contribution in [2.45, 2.75) is 6.54 Å². The van der Waals surface area contributed by atoms with E-state index in [-0.39, 0.29) is 0 Å². The lowest BCUT2D eigenvalue weighted by Gasteiger charge is -2.35. The fourth-order valence-electron chi connectivity index (χ4n) is 4.14. The van der Waals surface area contributed by atoms with Gasteiger partial charge in [-0.15, -0.1) is 0 Å². The predicted molar refractivity (Wildman–Crippen MR) is 129 cm³/mol. The van der Waals surface area contributed by atoms with Gasteiger partial charge in [0.2, 0.25) is 5.88 Å². The Bertz CT molecular complexity index is 1300. The van der Waals surface area contributed by atoms with E-state index in [1.165, 1.54) is 5.56 Å². The Morgan fingerprint density at radius 2 is 1.91 bits per heavy atom. The van der Waals surface area contributed by atoms with E-state index in [1.54, 1.807) is 17.8 Å². The third kappa shape index (κ3) is 4.40. The maximum absolute atomic E-state index is 9.47. The van der Waals surface area contributed by atoms with Crippen molar-refractivity contribution >= 4 is 27.3 Å². The average molecular weight is 504 g/mol. The highest BCUT2D eigenvalue weighted by atomic mass is 79.9. The summed E-state index contributed by atoms with van der Waals surface area (Å²) in [5, 5.41) is 13.8. The number of nitriles is 1. The summed E-state index contributed by atoms with van der Waals surface area (Å²) in [4.78, 5) is 13.8. The monoisotopic (exact) mass is 503 g/mol. The quantitative estimate of drug-likeness (QED) is 0.410. The molecule has 0 amide bonds. The van der Waals surface area contributed by atoms with E-state index in [0.717, 1.165) is 59.7 Å². The highest BCUT2D eigenvalue weighted by molar-refractivity contribution is 9.10. The summed E-state index contributed by atoms with van der Waals surface area (Å²) in [6.45, 7) is 4.63. The van der Waals surface area contributed by atoms with Crippen molar-refractivity contribution in [3.8, 4) is 23.1 Å². The first kappa shape index (κ1) is 21.4. The van der Waals surface area contributed by atoms with Crippen LogP contribution in [0.25, 0.3) is 16.6 Å². The Hall–Kier alpha value is -3.48. The van der Waals surface area contributed by atoms with E-state index in [4.69, 9.17) is 9.72 Å². The van der Waals surface area contributed by atoms with Gasteiger partial charge in [-0.1, -0.05) is 6.07 Å². The number of anilines is 1. The highest BCUT2D eigenvalue weighted by Crippen LogP contribution is 2.30. The summed E-state index contributed by atoms with van der Waals surface area (Å²) < 4.78 is 7.75. The van der Waals surface area contributed by atoms with Crippen molar-refractivity contribution in [2.24, 2.45) is 0 Å². The number of methoxy groups -OCH3 is 1. The second-order valence-corrected chi connectivity index (χ2v) is 8.83. The van der Waals surface area contributed by atoms with E-state index in [2.05, 4.69) is 60.1 Å². The second-order valence-electron chi connectivity index (χ2n) is 7.91. The van der Waals surface area contributed by atoms with Gasteiger partial charge in [0, 0.05) is 73.0 Å². The lowest BCUT2D eigenvalue weighted by atomic mass is 10.1. The molecule has 4 aromatic heterocycles. The van der Waals surface area contributed by atoms with Crippen LogP contribution in [0.5, 0.6) is 5.88 Å². The number of ether oxygens (including phenoxy) is 1. The topological polar surface area (TPSA) is 82.6 Å². The molecule has 0 spiro atoms. The van der Waals surface area contributed by atoms with E-state index >= 15 is 0 Å². The van der Waals surface area contributed by atoms with Gasteiger partial charge in [0.25, 0.3) is 0 Å². The standard InChI is InChI=1S/C24H22BrN7O/c1-33-23-5-2-17(12-28-23)15-30-6-8-31(9-7-30)22-4-3-18(13-27-22)21-10-20(25)16-32-24(21)19(11-26)14-29-32/h2-5,10,12-14,16H,6-9,15H2,1H3. The molecule has 1 fully saturated rings. The molecule has 1 saturated heterocycles. The normalized spacial score (nSPS) is 14.4. The zero-order valence-electron chi connectivity index (χ0n) is 18.1. The molecule has 4 aromatic rings. The van der Waals surface area contributed by atoms with Crippen LogP contribution in [0.1, 0.15) is 11.1 Å². The molecule has 8 nitrogen and oxygen atoms in total. The number of piperazine rings is 1. The number of rotatable bonds is 5. The summed E-state index contributed by atoms with van der Waals surface area (Å²) >= 11 is 3.54. The van der Waals surface area contributed by atoms with Crippen molar-refractivity contribution < 1.29 is 4.74 Å². The number of pyridine rings is 3. The maximum atomic E-state index is 9.47. The maximum Gasteiger partial charge on any atom is 0.212 e. The summed E-state index contributed by atoms with van der Waals surface area (Å²) in [7, 11) is 1.63. The van der Waals surface area contributed by atoms with Gasteiger partial charge in [-0.3, -0.25) is 4.90 Å². The molecule has 0 radical (unpaired) electrons. The van der Waals surface area contributed by atoms with Crippen LogP contribution in [0.3, 0.4) is 0 Å². The number of fused-ring (bicyclic) bond motifs is 1. The van der Waals surface area contributed by atoms with Gasteiger partial charge >= 0.3 is 0 Å². The van der Waals surface area contributed by atoms with Crippen LogP contribution in [0.15, 0.2) is 59.6 Å². The minimum atomic E-state index is 0.546. The Morgan fingerprint density at radius 1 is 1.06 bits per heavy atom. The largest absolute Gasteiger partial charge is 0.481 e. The molecular weight excluding hydrogens is 482 g/mol. The van der Waals surface area contributed by atoms with Crippen LogP contribution in [-0.4, -0.2) is 57.8 Å². The first-order valence-corrected chi connectivity index (χ1v) is 11.4. The molecule has 166 valence electrons. The number of nitrogens with zero attached hydrogens (tertiary/aromatic N) is 7. The van der Waals surface area contributed by atoms with Crippen molar-refractivity contribution in [1.29, 1.82) is 5.26 Å². The summed E-state index contributed by atoms with van der Waals surface area (Å²) in [6.07, 6.45) is 7.20. The molecule has 0 aromatic carbocycles. The molecule has 1 aliphatic heterocycles. The minimum absolute atomic E-state index is 0.546. The third-order valence-corrected chi connectivity index (χ3v) is 6.30. The van der Waals surface area contributed by atoms with Gasteiger partial charge in [-0.2, -0.15) is 10.4 Å². The number of hydrogen-bond donors (Lipinski definition) is 0. The number of hydrogen-bond acceptors (Lipinski definition) is 7. The molecule has 0 bridgehead atoms. The van der Waals surface area contributed by atoms with E-state index in [1.807, 2.05) is 30.7 Å². The number of aromatic nitrogens is 4. The van der Waals surface area contributed by atoms with Gasteiger partial charge in [0.1, 0.15) is 11.9 Å². The van der Waals surface area contributed by atoms with Crippen LogP contribution < -0.4 is 9.64 Å². The molecule has 0 aliphatic carbocycles. The first-order chi connectivity index (χ1) is 16.1. The Kier molecular flexibility index (Phi) is 5.94. The van der Waals surface area contributed by atoms with Crippen molar-refractivity contribution in [3.63, 3.8) is 0 Å². The van der Waals surface area contributed by atoms with E-state index < -0.39 is 0 Å². The number of halogens is 1. The van der Waals surface area contributed by atoms with Gasteiger partial charge in [-0.05, 0) is 39.7 Å². The fraction of sp³-hybridized carbons (Fsp3) is 0.250. The van der Waals surface area contributed by atoms with Crippen LogP contribution in [0.4, 0.5) is 5.82 Å². The Labute approximate surface area is 200 Å². The van der Waals surface area contributed by atoms with Crippen molar-refractivity contribution in [1.82, 2.24) is 24.5 Å². The second kappa shape index (κ2) is 9.17. The van der Waals surface area contributed by atoms with Crippen LogP contribution in [-0.2, 0) is 6.54 Å². The van der Waals surface area contributed by atoms with Crippen LogP contribution in [0, 0.1) is 11.3 Å². The molecular formula is C24H22BrN7O. The molecule has 9 heteroatoms. The molecule has 0 saturated carbocycles. The summed E-state index contributed by atoms with van der Waals surface area (Å²) in [5.74, 6) is 1.60. The summed E-state index contributed by atoms with van der Waals surface area (Å²) in [5.41, 5.74) is 4.40. The van der Waals surface area contributed by atoms with Crippen molar-refractivity contribution in [2.75, 3.05) is 38.2 Å². The highest BCUT2D eigenvalue weighted by Gasteiger charge is 2.19. The molecule has 5 rings (SSSR count). The van der Waals surface area contributed by atoms with Crippen LogP contribution in [0.2, 0.25) is 0 Å². The smallest absolute Gasteiger partial charge is 0.212 e. The van der Waals surface area contributed by atoms with Gasteiger partial charge < -0.3 is 9.64 Å². The lowest BCUT2D eigenvalue weighted by molar-refractivity contribution is 0.249. The van der Waals surface area contributed by atoms with Crippen LogP contribution >= 0.6 is 15.9 Å². The van der Waals surface area contributed by atoms with Gasteiger partial charge in [0.15, 0.2) is 0 Å². The van der Waals surface area contributed by atoms with E-state index in [9.17, 15) is 5.26 Å². The predicted octanol–water partition coefficient (Wildman–Crippen LogP) is 3.76. The Balaban J connectivity index is 1.28. The van der Waals surface area contributed by atoms with E-state index in [0.29, 0.717) is 11.4 Å². The minimum Gasteiger partial charge on any atom is -0.481 e. The molecule has 33 heavy (non-hydrogen) atoms. The SMILES string of the molecule is COc1ccc(CN2CCN(c3ccc(-c4cc(Br)cn5ncc(C#N)c45)cn3)CC2)cn1. The molecule has 0 atom stereocenters.